The van der Waals surface area contributed by atoms with Crippen molar-refractivity contribution in [2.75, 3.05) is 19.0 Å². The van der Waals surface area contributed by atoms with Crippen molar-refractivity contribution in [1.82, 2.24) is 0 Å². The Labute approximate surface area is 166 Å². The summed E-state index contributed by atoms with van der Waals surface area (Å²) < 4.78 is 11.8. The third-order valence-electron chi connectivity index (χ3n) is 6.37. The highest BCUT2D eigenvalue weighted by atomic mass is 32.2. The fourth-order valence-corrected chi connectivity index (χ4v) is 6.58. The van der Waals surface area contributed by atoms with Crippen LogP contribution in [0, 0.1) is 23.7 Å². The zero-order valence-electron chi connectivity index (χ0n) is 17.6. The van der Waals surface area contributed by atoms with Crippen molar-refractivity contribution in [3.05, 3.63) is 12.2 Å². The van der Waals surface area contributed by atoms with Gasteiger partial charge in [-0.05, 0) is 75.4 Å². The van der Waals surface area contributed by atoms with Crippen LogP contribution < -0.4 is 0 Å². The van der Waals surface area contributed by atoms with Crippen LogP contribution in [0.25, 0.3) is 0 Å². The Hall–Kier alpha value is 0.01000. The van der Waals surface area contributed by atoms with Gasteiger partial charge in [0.15, 0.2) is 6.29 Å². The summed E-state index contributed by atoms with van der Waals surface area (Å²) in [5.41, 5.74) is 0. The lowest BCUT2D eigenvalue weighted by Crippen LogP contribution is -2.34. The lowest BCUT2D eigenvalue weighted by molar-refractivity contribution is -0.151. The molecule has 2 aliphatic carbocycles. The molecule has 26 heavy (non-hydrogen) atoms. The van der Waals surface area contributed by atoms with Crippen LogP contribution in [0.2, 0.25) is 0 Å². The molecule has 0 heterocycles. The van der Waals surface area contributed by atoms with Gasteiger partial charge < -0.3 is 9.47 Å². The Morgan fingerprint density at radius 2 is 1.73 bits per heavy atom. The van der Waals surface area contributed by atoms with E-state index in [2.05, 4.69) is 51.6 Å². The predicted octanol–water partition coefficient (Wildman–Crippen LogP) is 6.70. The van der Waals surface area contributed by atoms with Gasteiger partial charge in [-0.15, -0.1) is 0 Å². The van der Waals surface area contributed by atoms with Crippen molar-refractivity contribution >= 4 is 11.8 Å². The molecule has 2 nitrogen and oxygen atoms in total. The molecular weight excluding hydrogens is 340 g/mol. The molecule has 0 unspecified atom stereocenters. The summed E-state index contributed by atoms with van der Waals surface area (Å²) in [6.45, 7) is 10.3. The molecule has 2 bridgehead atoms. The van der Waals surface area contributed by atoms with Crippen LogP contribution >= 0.6 is 11.8 Å². The van der Waals surface area contributed by atoms with Gasteiger partial charge in [-0.25, -0.2) is 0 Å². The third kappa shape index (κ3) is 6.27. The SMILES string of the molecule is CCCCC/C=C/[C@@H](SCC)[C@@H]1[C@H]2CC[C@H](C2)[C@H]1CC(OCC)OCC. The van der Waals surface area contributed by atoms with Gasteiger partial charge >= 0.3 is 0 Å². The van der Waals surface area contributed by atoms with Crippen molar-refractivity contribution in [3.63, 3.8) is 0 Å². The van der Waals surface area contributed by atoms with E-state index in [9.17, 15) is 0 Å². The lowest BCUT2D eigenvalue weighted by atomic mass is 9.75. The summed E-state index contributed by atoms with van der Waals surface area (Å²) in [7, 11) is 0. The lowest BCUT2D eigenvalue weighted by Gasteiger charge is -2.37. The smallest absolute Gasteiger partial charge is 0.157 e. The molecule has 2 fully saturated rings. The van der Waals surface area contributed by atoms with Crippen LogP contribution in [0.3, 0.4) is 0 Å². The van der Waals surface area contributed by atoms with E-state index in [1.165, 1.54) is 50.7 Å². The maximum absolute atomic E-state index is 5.92. The van der Waals surface area contributed by atoms with Gasteiger partial charge in [0.1, 0.15) is 0 Å². The van der Waals surface area contributed by atoms with E-state index in [-0.39, 0.29) is 6.29 Å². The number of allylic oxidation sites excluding steroid dienone is 1. The van der Waals surface area contributed by atoms with Crippen LogP contribution in [0.15, 0.2) is 12.2 Å². The predicted molar refractivity (Wildman–Crippen MR) is 115 cm³/mol. The van der Waals surface area contributed by atoms with E-state index in [0.29, 0.717) is 5.25 Å². The molecule has 5 atom stereocenters. The minimum absolute atomic E-state index is 0.00217. The molecule has 2 rings (SSSR count). The molecular formula is C23H42O2S. The average molecular weight is 383 g/mol. The quantitative estimate of drug-likeness (QED) is 0.189. The fraction of sp³-hybridized carbons (Fsp3) is 0.913. The summed E-state index contributed by atoms with van der Waals surface area (Å²) in [5.74, 6) is 4.65. The van der Waals surface area contributed by atoms with Crippen LogP contribution in [0.5, 0.6) is 0 Å². The Morgan fingerprint density at radius 1 is 1.00 bits per heavy atom. The molecule has 0 amide bonds. The maximum Gasteiger partial charge on any atom is 0.157 e. The topological polar surface area (TPSA) is 18.5 Å². The standard InChI is InChI=1S/C23H42O2S/c1-5-9-10-11-12-13-21(26-8-4)23-19-15-14-18(16-19)20(23)17-22(24-6-2)25-7-3/h12-13,18-23H,5-11,14-17H2,1-4H3/b13-12+/t18-,19+,20-,21-,23-/m1/s1. The van der Waals surface area contributed by atoms with Gasteiger partial charge in [-0.1, -0.05) is 38.8 Å². The first-order chi connectivity index (χ1) is 12.7. The van der Waals surface area contributed by atoms with Crippen LogP contribution in [0.1, 0.15) is 79.1 Å². The number of thioether (sulfide) groups is 1. The monoisotopic (exact) mass is 382 g/mol. The van der Waals surface area contributed by atoms with Crippen LogP contribution in [0.4, 0.5) is 0 Å². The van der Waals surface area contributed by atoms with Gasteiger partial charge in [0, 0.05) is 24.9 Å². The summed E-state index contributed by atoms with van der Waals surface area (Å²) in [5, 5.41) is 0.686. The number of unbranched alkanes of at least 4 members (excludes halogenated alkanes) is 3. The number of hydrogen-bond acceptors (Lipinski definition) is 3. The number of hydrogen-bond donors (Lipinski definition) is 0. The summed E-state index contributed by atoms with van der Waals surface area (Å²) in [6.07, 6.45) is 15.7. The molecule has 152 valence electrons. The average Bonchev–Trinajstić information content (AvgIpc) is 3.23. The fourth-order valence-electron chi connectivity index (χ4n) is 5.32. The van der Waals surface area contributed by atoms with Gasteiger partial charge in [0.2, 0.25) is 0 Å². The van der Waals surface area contributed by atoms with Crippen molar-refractivity contribution in [2.45, 2.75) is 90.6 Å². The Balaban J connectivity index is 2.03. The third-order valence-corrected chi connectivity index (χ3v) is 7.56. The first kappa shape index (κ1) is 22.3. The number of rotatable bonds is 14. The second-order valence-electron chi connectivity index (χ2n) is 7.99. The van der Waals surface area contributed by atoms with Gasteiger partial charge in [0.25, 0.3) is 0 Å². The van der Waals surface area contributed by atoms with Crippen LogP contribution in [-0.2, 0) is 9.47 Å². The minimum Gasteiger partial charge on any atom is -0.353 e. The zero-order valence-corrected chi connectivity index (χ0v) is 18.4. The second kappa shape index (κ2) is 12.5. The number of fused-ring (bicyclic) bond motifs is 2. The van der Waals surface area contributed by atoms with E-state index < -0.39 is 0 Å². The van der Waals surface area contributed by atoms with Gasteiger partial charge in [-0.2, -0.15) is 11.8 Å². The van der Waals surface area contributed by atoms with Gasteiger partial charge in [-0.3, -0.25) is 0 Å². The minimum atomic E-state index is -0.00217. The molecule has 0 radical (unpaired) electrons. The molecule has 0 aromatic heterocycles. The van der Waals surface area contributed by atoms with Crippen molar-refractivity contribution in [3.8, 4) is 0 Å². The molecule has 0 spiro atoms. The molecule has 0 aromatic rings. The molecule has 2 aliphatic rings. The zero-order chi connectivity index (χ0) is 18.8. The van der Waals surface area contributed by atoms with E-state index in [1.807, 2.05) is 0 Å². The van der Waals surface area contributed by atoms with Gasteiger partial charge in [0.05, 0.1) is 0 Å². The summed E-state index contributed by atoms with van der Waals surface area (Å²) in [4.78, 5) is 0. The van der Waals surface area contributed by atoms with E-state index in [0.717, 1.165) is 43.3 Å². The van der Waals surface area contributed by atoms with Crippen molar-refractivity contribution in [2.24, 2.45) is 23.7 Å². The molecule has 3 heteroatoms. The highest BCUT2D eigenvalue weighted by Gasteiger charge is 2.50. The largest absolute Gasteiger partial charge is 0.353 e. The van der Waals surface area contributed by atoms with E-state index in [1.54, 1.807) is 0 Å². The van der Waals surface area contributed by atoms with Crippen LogP contribution in [-0.4, -0.2) is 30.5 Å². The first-order valence-corrected chi connectivity index (χ1v) is 12.3. The van der Waals surface area contributed by atoms with E-state index >= 15 is 0 Å². The molecule has 0 N–H and O–H groups in total. The van der Waals surface area contributed by atoms with E-state index in [4.69, 9.17) is 9.47 Å². The van der Waals surface area contributed by atoms with Crippen molar-refractivity contribution in [1.29, 1.82) is 0 Å². The second-order valence-corrected chi connectivity index (χ2v) is 9.45. The van der Waals surface area contributed by atoms with Crippen molar-refractivity contribution < 1.29 is 9.47 Å². The normalized spacial score (nSPS) is 29.3. The molecule has 0 aromatic carbocycles. The first-order valence-electron chi connectivity index (χ1n) is 11.3. The highest BCUT2D eigenvalue weighted by Crippen LogP contribution is 2.57. The highest BCUT2D eigenvalue weighted by molar-refractivity contribution is 8.00. The molecule has 0 aliphatic heterocycles. The molecule has 0 saturated heterocycles. The summed E-state index contributed by atoms with van der Waals surface area (Å²) in [6, 6.07) is 0. The number of ether oxygens (including phenoxy) is 2. The Kier molecular flexibility index (Phi) is 10.7. The maximum atomic E-state index is 5.92. The Bertz CT molecular complexity index is 392. The Morgan fingerprint density at radius 3 is 2.38 bits per heavy atom. The molecule has 2 saturated carbocycles. The summed E-state index contributed by atoms with van der Waals surface area (Å²) >= 11 is 2.17.